The first-order valence-corrected chi connectivity index (χ1v) is 7.95. The zero-order valence-corrected chi connectivity index (χ0v) is 12.2. The summed E-state index contributed by atoms with van der Waals surface area (Å²) in [5.74, 6) is 2.21. The first-order chi connectivity index (χ1) is 8.96. The van der Waals surface area contributed by atoms with Gasteiger partial charge in [0.1, 0.15) is 6.04 Å². The highest BCUT2D eigenvalue weighted by atomic mass is 16.4. The van der Waals surface area contributed by atoms with Gasteiger partial charge in [0.2, 0.25) is 0 Å². The van der Waals surface area contributed by atoms with E-state index in [1.807, 2.05) is 0 Å². The maximum Gasteiger partial charge on any atom is 0.320 e. The van der Waals surface area contributed by atoms with Crippen molar-refractivity contribution in [1.82, 2.24) is 5.32 Å². The third-order valence-electron chi connectivity index (χ3n) is 5.81. The lowest BCUT2D eigenvalue weighted by Gasteiger charge is -2.57. The average molecular weight is 265 g/mol. The van der Waals surface area contributed by atoms with Gasteiger partial charge >= 0.3 is 5.97 Å². The average Bonchev–Trinajstić information content (AvgIpc) is 2.25. The molecule has 3 nitrogen and oxygen atoms in total. The fourth-order valence-electron chi connectivity index (χ4n) is 5.75. The molecule has 0 aromatic carbocycles. The fourth-order valence-corrected chi connectivity index (χ4v) is 5.75. The summed E-state index contributed by atoms with van der Waals surface area (Å²) in [5, 5.41) is 12.3. The van der Waals surface area contributed by atoms with Gasteiger partial charge < -0.3 is 10.4 Å². The summed E-state index contributed by atoms with van der Waals surface area (Å²) in [7, 11) is 0. The van der Waals surface area contributed by atoms with E-state index in [9.17, 15) is 4.79 Å². The Hall–Kier alpha value is -0.570. The third-order valence-corrected chi connectivity index (χ3v) is 5.81. The Morgan fingerprint density at radius 2 is 1.63 bits per heavy atom. The number of carboxylic acids is 1. The molecule has 0 amide bonds. The van der Waals surface area contributed by atoms with E-state index in [4.69, 9.17) is 5.11 Å². The van der Waals surface area contributed by atoms with E-state index in [-0.39, 0.29) is 0 Å². The van der Waals surface area contributed by atoms with Gasteiger partial charge in [0, 0.05) is 6.04 Å². The minimum absolute atomic E-state index is 0.322. The summed E-state index contributed by atoms with van der Waals surface area (Å²) in [6, 6.07) is -0.105. The molecule has 2 atom stereocenters. The lowest BCUT2D eigenvalue weighted by molar-refractivity contribution is -0.139. The molecule has 4 aliphatic rings. The molecule has 19 heavy (non-hydrogen) atoms. The lowest BCUT2D eigenvalue weighted by atomic mass is 9.48. The smallest absolute Gasteiger partial charge is 0.320 e. The molecule has 4 aliphatic carbocycles. The molecular weight excluding hydrogens is 238 g/mol. The van der Waals surface area contributed by atoms with Gasteiger partial charge in [0.25, 0.3) is 0 Å². The molecule has 3 heteroatoms. The van der Waals surface area contributed by atoms with Gasteiger partial charge in [0.05, 0.1) is 0 Å². The van der Waals surface area contributed by atoms with Crippen molar-refractivity contribution < 1.29 is 9.90 Å². The van der Waals surface area contributed by atoms with Crippen LogP contribution < -0.4 is 5.32 Å². The van der Waals surface area contributed by atoms with Gasteiger partial charge in [-0.15, -0.1) is 0 Å². The van der Waals surface area contributed by atoms with Gasteiger partial charge in [0.15, 0.2) is 0 Å². The van der Waals surface area contributed by atoms with Gasteiger partial charge in [-0.1, -0.05) is 0 Å². The SMILES string of the molecule is CC(CC12CC3CC(CC(C3)C1)C2)N[C@H](C)C(=O)O. The van der Waals surface area contributed by atoms with Crippen LogP contribution in [0.4, 0.5) is 0 Å². The normalized spacial score (nSPS) is 43.2. The monoisotopic (exact) mass is 265 g/mol. The highest BCUT2D eigenvalue weighted by molar-refractivity contribution is 5.72. The summed E-state index contributed by atoms with van der Waals surface area (Å²) >= 11 is 0. The number of aliphatic carboxylic acids is 1. The largest absolute Gasteiger partial charge is 0.480 e. The van der Waals surface area contributed by atoms with Gasteiger partial charge in [-0.2, -0.15) is 0 Å². The molecule has 0 aliphatic heterocycles. The molecule has 4 saturated carbocycles. The van der Waals surface area contributed by atoms with Crippen molar-refractivity contribution in [2.45, 2.75) is 70.9 Å². The van der Waals surface area contributed by atoms with Crippen LogP contribution in [0.15, 0.2) is 0 Å². The van der Waals surface area contributed by atoms with Crippen molar-refractivity contribution in [3.8, 4) is 0 Å². The Morgan fingerprint density at radius 3 is 2.05 bits per heavy atom. The number of nitrogens with one attached hydrogen (secondary N) is 1. The molecule has 1 unspecified atom stereocenters. The molecule has 0 spiro atoms. The molecule has 2 N–H and O–H groups in total. The first kappa shape index (κ1) is 13.4. The zero-order chi connectivity index (χ0) is 13.6. The Bertz CT molecular complexity index is 330. The van der Waals surface area contributed by atoms with Crippen molar-refractivity contribution in [3.63, 3.8) is 0 Å². The van der Waals surface area contributed by atoms with Crippen LogP contribution in [0.5, 0.6) is 0 Å². The second-order valence-electron chi connectivity index (χ2n) is 7.75. The highest BCUT2D eigenvalue weighted by Crippen LogP contribution is 2.61. The molecule has 0 aromatic heterocycles. The van der Waals surface area contributed by atoms with E-state index in [1.54, 1.807) is 6.92 Å². The van der Waals surface area contributed by atoms with Crippen LogP contribution in [-0.4, -0.2) is 23.2 Å². The molecule has 0 radical (unpaired) electrons. The number of rotatable bonds is 5. The fraction of sp³-hybridized carbons (Fsp3) is 0.938. The molecule has 108 valence electrons. The first-order valence-electron chi connectivity index (χ1n) is 7.95. The Balaban J connectivity index is 1.61. The molecule has 0 saturated heterocycles. The van der Waals surface area contributed by atoms with E-state index in [1.165, 1.54) is 44.9 Å². The predicted molar refractivity (Wildman–Crippen MR) is 74.9 cm³/mol. The molecule has 4 rings (SSSR count). The minimum atomic E-state index is -0.739. The zero-order valence-electron chi connectivity index (χ0n) is 12.2. The van der Waals surface area contributed by atoms with Crippen molar-refractivity contribution >= 4 is 5.97 Å². The third kappa shape index (κ3) is 2.67. The Kier molecular flexibility index (Phi) is 3.36. The molecule has 4 bridgehead atoms. The summed E-state index contributed by atoms with van der Waals surface area (Å²) in [5.41, 5.74) is 0.541. The summed E-state index contributed by atoms with van der Waals surface area (Å²) in [6.07, 6.45) is 9.84. The number of hydrogen-bond acceptors (Lipinski definition) is 2. The number of carboxylic acid groups (broad SMARTS) is 1. The van der Waals surface area contributed by atoms with E-state index >= 15 is 0 Å². The van der Waals surface area contributed by atoms with Crippen molar-refractivity contribution in [2.75, 3.05) is 0 Å². The summed E-state index contributed by atoms with van der Waals surface area (Å²) < 4.78 is 0. The van der Waals surface area contributed by atoms with E-state index in [2.05, 4.69) is 12.2 Å². The molecular formula is C16H27NO2. The van der Waals surface area contributed by atoms with E-state index in [0.717, 1.165) is 17.8 Å². The van der Waals surface area contributed by atoms with E-state index < -0.39 is 12.0 Å². The van der Waals surface area contributed by atoms with Crippen LogP contribution in [-0.2, 0) is 4.79 Å². The minimum Gasteiger partial charge on any atom is -0.480 e. The number of hydrogen-bond donors (Lipinski definition) is 2. The van der Waals surface area contributed by atoms with Gasteiger partial charge in [-0.25, -0.2) is 0 Å². The Labute approximate surface area is 116 Å². The maximum absolute atomic E-state index is 10.9. The summed E-state index contributed by atoms with van der Waals surface area (Å²) in [4.78, 5) is 10.9. The van der Waals surface area contributed by atoms with Gasteiger partial charge in [-0.05, 0) is 82.0 Å². The molecule has 0 heterocycles. The Morgan fingerprint density at radius 1 is 1.16 bits per heavy atom. The lowest BCUT2D eigenvalue weighted by Crippen LogP contribution is -2.50. The molecule has 4 fully saturated rings. The predicted octanol–water partition coefficient (Wildman–Crippen LogP) is 3.04. The standard InChI is InChI=1S/C16H27NO2/c1-10(17-11(2)15(18)19)6-16-7-12-3-13(8-16)5-14(4-12)9-16/h10-14,17H,3-9H2,1-2H3,(H,18,19)/t10?,11-,12?,13?,14?,16?/m1/s1. The van der Waals surface area contributed by atoms with Crippen molar-refractivity contribution in [1.29, 1.82) is 0 Å². The molecule has 0 aromatic rings. The van der Waals surface area contributed by atoms with Crippen LogP contribution in [0.25, 0.3) is 0 Å². The van der Waals surface area contributed by atoms with Crippen LogP contribution in [0.2, 0.25) is 0 Å². The quantitative estimate of drug-likeness (QED) is 0.803. The second-order valence-corrected chi connectivity index (χ2v) is 7.75. The van der Waals surface area contributed by atoms with Crippen molar-refractivity contribution in [3.05, 3.63) is 0 Å². The van der Waals surface area contributed by atoms with Crippen molar-refractivity contribution in [2.24, 2.45) is 23.2 Å². The summed E-state index contributed by atoms with van der Waals surface area (Å²) in [6.45, 7) is 3.91. The van der Waals surface area contributed by atoms with Crippen LogP contribution in [0.1, 0.15) is 58.8 Å². The van der Waals surface area contributed by atoms with E-state index in [0.29, 0.717) is 11.5 Å². The van der Waals surface area contributed by atoms with Crippen LogP contribution in [0, 0.1) is 23.2 Å². The topological polar surface area (TPSA) is 49.3 Å². The van der Waals surface area contributed by atoms with Crippen LogP contribution >= 0.6 is 0 Å². The van der Waals surface area contributed by atoms with Gasteiger partial charge in [-0.3, -0.25) is 4.79 Å². The van der Waals surface area contributed by atoms with Crippen LogP contribution in [0.3, 0.4) is 0 Å². The highest BCUT2D eigenvalue weighted by Gasteiger charge is 2.50. The number of carbonyl (C=O) groups is 1. The maximum atomic E-state index is 10.9. The second kappa shape index (κ2) is 4.76.